The van der Waals surface area contributed by atoms with Crippen LogP contribution in [0.5, 0.6) is 0 Å². The van der Waals surface area contributed by atoms with Crippen LogP contribution in [-0.4, -0.2) is 55.7 Å². The van der Waals surface area contributed by atoms with Gasteiger partial charge in [-0.25, -0.2) is 23.7 Å². The van der Waals surface area contributed by atoms with Gasteiger partial charge in [-0.15, -0.1) is 0 Å². The van der Waals surface area contributed by atoms with E-state index in [-0.39, 0.29) is 29.0 Å². The first-order valence-electron chi connectivity index (χ1n) is 12.8. The third-order valence-corrected chi connectivity index (χ3v) is 7.13. The van der Waals surface area contributed by atoms with Gasteiger partial charge in [0.25, 0.3) is 0 Å². The van der Waals surface area contributed by atoms with Crippen LogP contribution >= 0.6 is 0 Å². The van der Waals surface area contributed by atoms with Crippen LogP contribution in [0.1, 0.15) is 74.0 Å². The number of carbonyl (C=O) groups is 2. The van der Waals surface area contributed by atoms with E-state index in [0.29, 0.717) is 24.8 Å². The van der Waals surface area contributed by atoms with E-state index < -0.39 is 11.4 Å². The molecule has 196 valence electrons. The summed E-state index contributed by atoms with van der Waals surface area (Å²) in [7, 11) is 0. The number of carbonyl (C=O) groups excluding carboxylic acids is 1. The van der Waals surface area contributed by atoms with E-state index in [1.807, 2.05) is 37.9 Å². The molecule has 0 spiro atoms. The summed E-state index contributed by atoms with van der Waals surface area (Å²) < 4.78 is 15.9. The topological polar surface area (TPSA) is 103 Å². The van der Waals surface area contributed by atoms with Crippen LogP contribution in [0, 0.1) is 11.2 Å². The van der Waals surface area contributed by atoms with Gasteiger partial charge in [-0.05, 0) is 61.4 Å². The molecule has 0 bridgehead atoms. The second-order valence-electron chi connectivity index (χ2n) is 11.0. The van der Waals surface area contributed by atoms with Gasteiger partial charge in [-0.1, -0.05) is 26.8 Å². The summed E-state index contributed by atoms with van der Waals surface area (Å²) in [5.74, 6) is -0.741. The second kappa shape index (κ2) is 9.74. The fraction of sp³-hybridized carbons (Fsp3) is 0.481. The van der Waals surface area contributed by atoms with Crippen LogP contribution in [0.2, 0.25) is 0 Å². The van der Waals surface area contributed by atoms with Gasteiger partial charge in [-0.3, -0.25) is 10.2 Å². The lowest BCUT2D eigenvalue weighted by atomic mass is 9.95. The molecule has 1 aromatic carbocycles. The number of nitrogens with zero attached hydrogens (tertiary/aromatic N) is 5. The summed E-state index contributed by atoms with van der Waals surface area (Å²) in [5.41, 5.74) is 4.88. The molecule has 2 N–H and O–H groups in total. The molecule has 3 aromatic rings. The Labute approximate surface area is 215 Å². The molecule has 2 aromatic heterocycles. The minimum Gasteiger partial charge on any atom is -0.477 e. The van der Waals surface area contributed by atoms with E-state index in [0.717, 1.165) is 43.4 Å². The third-order valence-electron chi connectivity index (χ3n) is 7.13. The highest BCUT2D eigenvalue weighted by atomic mass is 19.1. The molecule has 1 unspecified atom stereocenters. The smallest absolute Gasteiger partial charge is 0.341 e. The van der Waals surface area contributed by atoms with Gasteiger partial charge in [0.15, 0.2) is 5.65 Å². The zero-order valence-electron chi connectivity index (χ0n) is 21.4. The summed E-state index contributed by atoms with van der Waals surface area (Å²) in [6.07, 6.45) is 7.52. The molecule has 37 heavy (non-hydrogen) atoms. The lowest BCUT2D eigenvalue weighted by molar-refractivity contribution is -0.134. The van der Waals surface area contributed by atoms with E-state index in [4.69, 9.17) is 0 Å². The van der Waals surface area contributed by atoms with Crippen LogP contribution in [-0.2, 0) is 11.2 Å². The largest absolute Gasteiger partial charge is 0.477 e. The third kappa shape index (κ3) is 5.29. The minimum absolute atomic E-state index is 0.0113. The van der Waals surface area contributed by atoms with Crippen molar-refractivity contribution in [1.29, 1.82) is 0 Å². The number of anilines is 1. The monoisotopic (exact) mass is 508 g/mol. The summed E-state index contributed by atoms with van der Waals surface area (Å²) in [6, 6.07) is 7.01. The number of rotatable bonds is 8. The fourth-order valence-electron chi connectivity index (χ4n) is 4.89. The number of carboxylic acid groups (broad SMARTS) is 1. The lowest BCUT2D eigenvalue weighted by Gasteiger charge is -2.30. The van der Waals surface area contributed by atoms with Crippen molar-refractivity contribution in [3.8, 4) is 0 Å². The SMILES string of the molecule is CC(C)(C)C(=O)NN(CCc1ccc(F)cc1C1CCCN1c1ccn2ncc(C(=O)O)c2n1)C1CC1. The summed E-state index contributed by atoms with van der Waals surface area (Å²) >= 11 is 0. The highest BCUT2D eigenvalue weighted by molar-refractivity contribution is 5.94. The predicted molar refractivity (Wildman–Crippen MR) is 137 cm³/mol. The number of amides is 1. The Balaban J connectivity index is 1.40. The minimum atomic E-state index is -1.08. The number of hydrogen-bond acceptors (Lipinski definition) is 6. The molecule has 10 heteroatoms. The summed E-state index contributed by atoms with van der Waals surface area (Å²) in [4.78, 5) is 31.0. The van der Waals surface area contributed by atoms with Gasteiger partial charge in [0.1, 0.15) is 17.2 Å². The number of hydrogen-bond donors (Lipinski definition) is 2. The Hall–Kier alpha value is -3.53. The molecule has 0 radical (unpaired) electrons. The van der Waals surface area contributed by atoms with E-state index in [1.54, 1.807) is 12.3 Å². The van der Waals surface area contributed by atoms with Crippen LogP contribution in [0.3, 0.4) is 0 Å². The second-order valence-corrected chi connectivity index (χ2v) is 11.0. The van der Waals surface area contributed by atoms with Gasteiger partial charge in [0.05, 0.1) is 12.2 Å². The van der Waals surface area contributed by atoms with Crippen molar-refractivity contribution < 1.29 is 19.1 Å². The van der Waals surface area contributed by atoms with E-state index in [1.165, 1.54) is 16.8 Å². The van der Waals surface area contributed by atoms with Crippen molar-refractivity contribution in [2.45, 2.75) is 65.0 Å². The number of fused-ring (bicyclic) bond motifs is 1. The number of nitrogens with one attached hydrogen (secondary N) is 1. The molecule has 2 fully saturated rings. The standard InChI is InChI=1S/C27H33FN6O3/c1-27(2,3)26(37)31-33(19-8-9-19)13-10-17-6-7-18(28)15-20(17)22-5-4-12-32(22)23-11-14-34-24(30-23)21(16-29-34)25(35)36/h6-7,11,14-16,19,22H,4-5,8-10,12-13H2,1-3H3,(H,31,37)(H,35,36). The molecule has 1 aliphatic heterocycles. The number of halogens is 1. The zero-order chi connectivity index (χ0) is 26.3. The average molecular weight is 509 g/mol. The van der Waals surface area contributed by atoms with Crippen molar-refractivity contribution in [1.82, 2.24) is 25.0 Å². The first-order valence-corrected chi connectivity index (χ1v) is 12.8. The predicted octanol–water partition coefficient (Wildman–Crippen LogP) is 3.99. The molecule has 1 amide bonds. The Bertz CT molecular complexity index is 1330. The first-order chi connectivity index (χ1) is 17.6. The van der Waals surface area contributed by atoms with Crippen LogP contribution in [0.25, 0.3) is 5.65 Å². The lowest BCUT2D eigenvalue weighted by Crippen LogP contribution is -2.49. The number of aromatic carboxylic acids is 1. The zero-order valence-corrected chi connectivity index (χ0v) is 21.4. The number of hydrazine groups is 1. The number of benzene rings is 1. The van der Waals surface area contributed by atoms with E-state index in [9.17, 15) is 19.1 Å². The van der Waals surface area contributed by atoms with E-state index in [2.05, 4.69) is 20.4 Å². The molecule has 3 heterocycles. The first kappa shape index (κ1) is 25.1. The van der Waals surface area contributed by atoms with Crippen molar-refractivity contribution in [3.05, 3.63) is 59.2 Å². The van der Waals surface area contributed by atoms with Crippen molar-refractivity contribution in [2.75, 3.05) is 18.0 Å². The quantitative estimate of drug-likeness (QED) is 0.444. The van der Waals surface area contributed by atoms with Gasteiger partial charge < -0.3 is 10.0 Å². The van der Waals surface area contributed by atoms with E-state index >= 15 is 0 Å². The maximum absolute atomic E-state index is 14.5. The average Bonchev–Trinajstić information content (AvgIpc) is 3.41. The molecule has 9 nitrogen and oxygen atoms in total. The number of carboxylic acids is 1. The molecule has 1 aliphatic carbocycles. The maximum Gasteiger partial charge on any atom is 0.341 e. The molecular formula is C27H33FN6O3. The summed E-state index contributed by atoms with van der Waals surface area (Å²) in [6.45, 7) is 7.06. The normalized spacial score (nSPS) is 18.1. The highest BCUT2D eigenvalue weighted by Crippen LogP contribution is 2.38. The maximum atomic E-state index is 14.5. The summed E-state index contributed by atoms with van der Waals surface area (Å²) in [5, 5.41) is 15.6. The van der Waals surface area contributed by atoms with Crippen LogP contribution < -0.4 is 10.3 Å². The fourth-order valence-corrected chi connectivity index (χ4v) is 4.89. The molecule has 5 rings (SSSR count). The van der Waals surface area contributed by atoms with Crippen molar-refractivity contribution in [3.63, 3.8) is 0 Å². The van der Waals surface area contributed by atoms with Gasteiger partial charge in [0, 0.05) is 30.7 Å². The Morgan fingerprint density at radius 2 is 2.00 bits per heavy atom. The van der Waals surface area contributed by atoms with Crippen LogP contribution in [0.15, 0.2) is 36.7 Å². The van der Waals surface area contributed by atoms with Crippen molar-refractivity contribution >= 4 is 23.3 Å². The van der Waals surface area contributed by atoms with Crippen LogP contribution in [0.4, 0.5) is 10.2 Å². The Kier molecular flexibility index (Phi) is 6.61. The molecule has 1 saturated carbocycles. The van der Waals surface area contributed by atoms with Crippen molar-refractivity contribution in [2.24, 2.45) is 5.41 Å². The van der Waals surface area contributed by atoms with Gasteiger partial charge in [-0.2, -0.15) is 5.10 Å². The van der Waals surface area contributed by atoms with Gasteiger partial charge in [0.2, 0.25) is 5.91 Å². The Morgan fingerprint density at radius 3 is 2.70 bits per heavy atom. The molecule has 1 saturated heterocycles. The molecular weight excluding hydrogens is 475 g/mol. The molecule has 2 aliphatic rings. The number of aromatic nitrogens is 3. The van der Waals surface area contributed by atoms with Gasteiger partial charge >= 0.3 is 5.97 Å². The highest BCUT2D eigenvalue weighted by Gasteiger charge is 2.34. The molecule has 1 atom stereocenters. The Morgan fingerprint density at radius 1 is 1.22 bits per heavy atom.